The fourth-order valence-corrected chi connectivity index (χ4v) is 4.49. The van der Waals surface area contributed by atoms with Crippen LogP contribution in [-0.4, -0.2) is 51.5 Å². The molecule has 0 aromatic heterocycles. The number of halogens is 1. The minimum Gasteiger partial charge on any atom is -0.379 e. The molecule has 0 bridgehead atoms. The quantitative estimate of drug-likeness (QED) is 0.692. The topological polar surface area (TPSA) is 75.7 Å². The van der Waals surface area contributed by atoms with Crippen molar-refractivity contribution >= 4 is 15.9 Å². The number of hydrogen-bond donors (Lipinski definition) is 1. The van der Waals surface area contributed by atoms with Gasteiger partial charge in [-0.2, -0.15) is 4.31 Å². The van der Waals surface area contributed by atoms with Gasteiger partial charge in [-0.25, -0.2) is 12.8 Å². The Kier molecular flexibility index (Phi) is 8.19. The number of carbonyl (C=O) groups is 1. The molecule has 1 N–H and O–H groups in total. The van der Waals surface area contributed by atoms with Gasteiger partial charge in [-0.05, 0) is 30.5 Å². The lowest BCUT2D eigenvalue weighted by Crippen LogP contribution is -2.40. The Balaban J connectivity index is 2.12. The number of rotatable bonds is 9. The van der Waals surface area contributed by atoms with Crippen molar-refractivity contribution in [3.8, 4) is 0 Å². The standard InChI is InChI=1S/C19H29FN2O4S/c1-3-5-6-15(4-2)14-21-19(23)17-13-16(7-8-18(17)20)27(24,25)22-9-11-26-12-10-22/h7-8,13,15H,3-6,9-12,14H2,1-2H3,(H,21,23). The molecule has 0 radical (unpaired) electrons. The molecule has 27 heavy (non-hydrogen) atoms. The molecule has 0 aliphatic carbocycles. The Morgan fingerprint density at radius 2 is 2.00 bits per heavy atom. The van der Waals surface area contributed by atoms with E-state index in [1.54, 1.807) is 0 Å². The summed E-state index contributed by atoms with van der Waals surface area (Å²) in [7, 11) is -3.78. The van der Waals surface area contributed by atoms with Crippen molar-refractivity contribution in [3.63, 3.8) is 0 Å². The Bertz CT molecular complexity index is 733. The lowest BCUT2D eigenvalue weighted by molar-refractivity contribution is 0.0730. The number of nitrogens with zero attached hydrogens (tertiary/aromatic N) is 1. The van der Waals surface area contributed by atoms with E-state index in [9.17, 15) is 17.6 Å². The smallest absolute Gasteiger partial charge is 0.254 e. The molecule has 1 fully saturated rings. The van der Waals surface area contributed by atoms with E-state index in [4.69, 9.17) is 4.74 Å². The van der Waals surface area contributed by atoms with Crippen molar-refractivity contribution in [1.29, 1.82) is 0 Å². The molecule has 1 amide bonds. The number of amides is 1. The van der Waals surface area contributed by atoms with E-state index in [-0.39, 0.29) is 23.5 Å². The van der Waals surface area contributed by atoms with Crippen molar-refractivity contribution in [2.75, 3.05) is 32.8 Å². The number of unbranched alkanes of at least 4 members (excludes halogenated alkanes) is 1. The van der Waals surface area contributed by atoms with Crippen molar-refractivity contribution in [2.24, 2.45) is 5.92 Å². The highest BCUT2D eigenvalue weighted by Crippen LogP contribution is 2.20. The predicted molar refractivity (Wildman–Crippen MR) is 102 cm³/mol. The minimum atomic E-state index is -3.78. The number of sulfonamides is 1. The summed E-state index contributed by atoms with van der Waals surface area (Å²) in [5.74, 6) is -0.978. The third-order valence-electron chi connectivity index (χ3n) is 4.88. The molecule has 2 rings (SSSR count). The SMILES string of the molecule is CCCCC(CC)CNC(=O)c1cc(S(=O)(=O)N2CCOCC2)ccc1F. The zero-order valence-electron chi connectivity index (χ0n) is 16.0. The van der Waals surface area contributed by atoms with E-state index < -0.39 is 21.7 Å². The zero-order valence-corrected chi connectivity index (χ0v) is 16.9. The van der Waals surface area contributed by atoms with Gasteiger partial charge in [0.05, 0.1) is 23.7 Å². The maximum Gasteiger partial charge on any atom is 0.254 e. The van der Waals surface area contributed by atoms with Gasteiger partial charge in [-0.15, -0.1) is 0 Å². The molecule has 1 atom stereocenters. The number of carbonyl (C=O) groups excluding carboxylic acids is 1. The summed E-state index contributed by atoms with van der Waals surface area (Å²) in [6.07, 6.45) is 4.09. The van der Waals surface area contributed by atoms with Crippen LogP contribution in [0.15, 0.2) is 23.1 Å². The van der Waals surface area contributed by atoms with Gasteiger partial charge in [-0.3, -0.25) is 4.79 Å². The summed E-state index contributed by atoms with van der Waals surface area (Å²) >= 11 is 0. The van der Waals surface area contributed by atoms with E-state index >= 15 is 0 Å². The Hall–Kier alpha value is -1.51. The molecule has 8 heteroatoms. The maximum absolute atomic E-state index is 14.2. The molecule has 0 spiro atoms. The second-order valence-corrected chi connectivity index (χ2v) is 8.72. The molecule has 1 aliphatic rings. The number of hydrogen-bond acceptors (Lipinski definition) is 4. The summed E-state index contributed by atoms with van der Waals surface area (Å²) in [6.45, 7) is 5.76. The van der Waals surface area contributed by atoms with Crippen LogP contribution < -0.4 is 5.32 Å². The number of ether oxygens (including phenoxy) is 1. The summed E-state index contributed by atoms with van der Waals surface area (Å²) in [5.41, 5.74) is -0.241. The first-order valence-electron chi connectivity index (χ1n) is 9.55. The number of morpholine rings is 1. The van der Waals surface area contributed by atoms with Gasteiger partial charge in [0.1, 0.15) is 5.82 Å². The summed E-state index contributed by atoms with van der Waals surface area (Å²) < 4.78 is 46.1. The van der Waals surface area contributed by atoms with Gasteiger partial charge in [0.2, 0.25) is 10.0 Å². The van der Waals surface area contributed by atoms with E-state index in [0.717, 1.165) is 37.8 Å². The van der Waals surface area contributed by atoms with Gasteiger partial charge < -0.3 is 10.1 Å². The van der Waals surface area contributed by atoms with Crippen molar-refractivity contribution in [3.05, 3.63) is 29.6 Å². The third kappa shape index (κ3) is 5.73. The normalized spacial score (nSPS) is 16.9. The lowest BCUT2D eigenvalue weighted by atomic mass is 9.99. The second kappa shape index (κ2) is 10.1. The van der Waals surface area contributed by atoms with Crippen LogP contribution in [0, 0.1) is 11.7 Å². The molecule has 152 valence electrons. The Morgan fingerprint density at radius 1 is 1.30 bits per heavy atom. The highest BCUT2D eigenvalue weighted by atomic mass is 32.2. The van der Waals surface area contributed by atoms with Gasteiger partial charge in [-0.1, -0.05) is 33.1 Å². The number of nitrogens with one attached hydrogen (secondary N) is 1. The molecular formula is C19H29FN2O4S. The summed E-state index contributed by atoms with van der Waals surface area (Å²) in [6, 6.07) is 3.37. The molecule has 0 saturated carbocycles. The maximum atomic E-state index is 14.2. The first kappa shape index (κ1) is 21.8. The lowest BCUT2D eigenvalue weighted by Gasteiger charge is -2.26. The fraction of sp³-hybridized carbons (Fsp3) is 0.632. The van der Waals surface area contributed by atoms with Crippen LogP contribution in [0.5, 0.6) is 0 Å². The first-order valence-corrected chi connectivity index (χ1v) is 11.0. The van der Waals surface area contributed by atoms with Crippen LogP contribution in [0.2, 0.25) is 0 Å². The molecular weight excluding hydrogens is 371 g/mol. The molecule has 1 unspecified atom stereocenters. The van der Waals surface area contributed by atoms with E-state index in [0.29, 0.717) is 25.7 Å². The highest BCUT2D eigenvalue weighted by Gasteiger charge is 2.28. The minimum absolute atomic E-state index is 0.0750. The molecule has 1 aliphatic heterocycles. The van der Waals surface area contributed by atoms with Crippen LogP contribution in [0.4, 0.5) is 4.39 Å². The van der Waals surface area contributed by atoms with Crippen LogP contribution >= 0.6 is 0 Å². The van der Waals surface area contributed by atoms with Crippen molar-refractivity contribution in [1.82, 2.24) is 9.62 Å². The fourth-order valence-electron chi connectivity index (χ4n) is 3.05. The molecule has 1 saturated heterocycles. The van der Waals surface area contributed by atoms with Crippen molar-refractivity contribution < 1.29 is 22.3 Å². The highest BCUT2D eigenvalue weighted by molar-refractivity contribution is 7.89. The number of benzene rings is 1. The second-order valence-electron chi connectivity index (χ2n) is 6.78. The Morgan fingerprint density at radius 3 is 2.63 bits per heavy atom. The molecule has 6 nitrogen and oxygen atoms in total. The third-order valence-corrected chi connectivity index (χ3v) is 6.78. The summed E-state index contributed by atoms with van der Waals surface area (Å²) in [5, 5.41) is 2.75. The molecule has 1 heterocycles. The largest absolute Gasteiger partial charge is 0.379 e. The van der Waals surface area contributed by atoms with Crippen LogP contribution in [0.25, 0.3) is 0 Å². The monoisotopic (exact) mass is 400 g/mol. The molecule has 1 aromatic carbocycles. The van der Waals surface area contributed by atoms with Gasteiger partial charge in [0, 0.05) is 19.6 Å². The predicted octanol–water partition coefficient (Wildman–Crippen LogP) is 2.79. The van der Waals surface area contributed by atoms with E-state index in [1.807, 2.05) is 0 Å². The van der Waals surface area contributed by atoms with Gasteiger partial charge in [0.25, 0.3) is 5.91 Å². The van der Waals surface area contributed by atoms with Gasteiger partial charge in [0.15, 0.2) is 0 Å². The van der Waals surface area contributed by atoms with Crippen LogP contribution in [0.1, 0.15) is 49.9 Å². The average Bonchev–Trinajstić information content (AvgIpc) is 2.68. The van der Waals surface area contributed by atoms with E-state index in [1.165, 1.54) is 10.4 Å². The zero-order chi connectivity index (χ0) is 19.9. The van der Waals surface area contributed by atoms with Gasteiger partial charge >= 0.3 is 0 Å². The average molecular weight is 401 g/mol. The first-order chi connectivity index (χ1) is 12.9. The van der Waals surface area contributed by atoms with E-state index in [2.05, 4.69) is 19.2 Å². The Labute approximate surface area is 161 Å². The van der Waals surface area contributed by atoms with Crippen molar-refractivity contribution in [2.45, 2.75) is 44.4 Å². The molecule has 1 aromatic rings. The summed E-state index contributed by atoms with van der Waals surface area (Å²) in [4.78, 5) is 12.4. The van der Waals surface area contributed by atoms with Crippen LogP contribution in [-0.2, 0) is 14.8 Å². The van der Waals surface area contributed by atoms with Crippen LogP contribution in [0.3, 0.4) is 0 Å².